The smallest absolute Gasteiger partial charge is 0.240 e. The Morgan fingerprint density at radius 3 is 2.32 bits per heavy atom. The predicted octanol–water partition coefficient (Wildman–Crippen LogP) is 2.47. The number of rotatable bonds is 4. The molecule has 0 atom stereocenters. The van der Waals surface area contributed by atoms with E-state index in [2.05, 4.69) is 4.72 Å². The monoisotopic (exact) mass is 298 g/mol. The molecule has 0 aliphatic carbocycles. The fourth-order valence-electron chi connectivity index (χ4n) is 1.71. The highest BCUT2D eigenvalue weighted by molar-refractivity contribution is 7.89. The third-order valence-corrected chi connectivity index (χ3v) is 4.71. The molecule has 0 fully saturated rings. The summed E-state index contributed by atoms with van der Waals surface area (Å²) in [5, 5.41) is 0.511. The van der Waals surface area contributed by atoms with Crippen LogP contribution >= 0.6 is 11.6 Å². The summed E-state index contributed by atoms with van der Waals surface area (Å²) in [6, 6.07) is 9.94. The molecule has 19 heavy (non-hydrogen) atoms. The van der Waals surface area contributed by atoms with Gasteiger partial charge in [-0.1, -0.05) is 11.6 Å². The second-order valence-electron chi connectivity index (χ2n) is 4.30. The molecule has 1 aromatic heterocycles. The fraction of sp³-hybridized carbons (Fsp3) is 0.231. The zero-order valence-corrected chi connectivity index (χ0v) is 12.3. The lowest BCUT2D eigenvalue weighted by molar-refractivity contribution is 0.579. The summed E-state index contributed by atoms with van der Waals surface area (Å²) < 4.78 is 28.7. The van der Waals surface area contributed by atoms with Crippen molar-refractivity contribution in [3.05, 3.63) is 52.8 Å². The van der Waals surface area contributed by atoms with Crippen molar-refractivity contribution in [2.24, 2.45) is 7.05 Å². The van der Waals surface area contributed by atoms with Crippen LogP contribution in [0.3, 0.4) is 0 Å². The van der Waals surface area contributed by atoms with E-state index in [1.165, 1.54) is 12.1 Å². The van der Waals surface area contributed by atoms with Gasteiger partial charge in [0.05, 0.1) is 11.4 Å². The van der Waals surface area contributed by atoms with E-state index >= 15 is 0 Å². The van der Waals surface area contributed by atoms with Gasteiger partial charge in [-0.25, -0.2) is 13.1 Å². The van der Waals surface area contributed by atoms with Crippen molar-refractivity contribution in [3.63, 3.8) is 0 Å². The Balaban J connectivity index is 2.14. The van der Waals surface area contributed by atoms with Crippen molar-refractivity contribution in [3.8, 4) is 0 Å². The topological polar surface area (TPSA) is 51.1 Å². The van der Waals surface area contributed by atoms with Crippen LogP contribution in [0.25, 0.3) is 0 Å². The van der Waals surface area contributed by atoms with Crippen molar-refractivity contribution in [1.29, 1.82) is 0 Å². The summed E-state index contributed by atoms with van der Waals surface area (Å²) in [6.45, 7) is 2.23. The van der Waals surface area contributed by atoms with E-state index in [9.17, 15) is 8.42 Å². The number of benzene rings is 1. The lowest BCUT2D eigenvalue weighted by Crippen LogP contribution is -2.24. The second-order valence-corrected chi connectivity index (χ2v) is 6.51. The number of aryl methyl sites for hydroxylation is 1. The standard InChI is InChI=1S/C13H15ClN2O2S/c1-10-3-6-12(16(10)2)9-15-19(17,18)13-7-4-11(14)5-8-13/h3-8,15H,9H2,1-2H3. The zero-order valence-electron chi connectivity index (χ0n) is 10.7. The van der Waals surface area contributed by atoms with Gasteiger partial charge in [0.25, 0.3) is 0 Å². The van der Waals surface area contributed by atoms with Gasteiger partial charge in [0, 0.05) is 23.5 Å². The molecule has 2 aromatic rings. The molecular formula is C13H15ClN2O2S. The Hall–Kier alpha value is -1.30. The number of halogens is 1. The van der Waals surface area contributed by atoms with Gasteiger partial charge in [-0.05, 0) is 43.3 Å². The van der Waals surface area contributed by atoms with Crippen LogP contribution in [0.1, 0.15) is 11.4 Å². The first-order valence-corrected chi connectivity index (χ1v) is 7.63. The number of nitrogens with one attached hydrogen (secondary N) is 1. The quantitative estimate of drug-likeness (QED) is 0.943. The molecule has 1 heterocycles. The van der Waals surface area contributed by atoms with Crippen LogP contribution in [0.15, 0.2) is 41.3 Å². The average molecular weight is 299 g/mol. The fourth-order valence-corrected chi connectivity index (χ4v) is 2.84. The van der Waals surface area contributed by atoms with Gasteiger partial charge in [0.2, 0.25) is 10.0 Å². The van der Waals surface area contributed by atoms with Crippen LogP contribution in [0.5, 0.6) is 0 Å². The van der Waals surface area contributed by atoms with Gasteiger partial charge in [-0.3, -0.25) is 0 Å². The van der Waals surface area contributed by atoms with E-state index in [0.717, 1.165) is 11.4 Å². The maximum absolute atomic E-state index is 12.1. The second kappa shape index (κ2) is 5.36. The molecule has 0 aliphatic rings. The van der Waals surface area contributed by atoms with Crippen LogP contribution < -0.4 is 4.72 Å². The highest BCUT2D eigenvalue weighted by atomic mass is 35.5. The third kappa shape index (κ3) is 3.18. The number of sulfonamides is 1. The molecule has 6 heteroatoms. The SMILES string of the molecule is Cc1ccc(CNS(=O)(=O)c2ccc(Cl)cc2)n1C. The van der Waals surface area contributed by atoms with E-state index in [4.69, 9.17) is 11.6 Å². The molecule has 0 amide bonds. The van der Waals surface area contributed by atoms with Crippen molar-refractivity contribution < 1.29 is 8.42 Å². The van der Waals surface area contributed by atoms with Gasteiger partial charge in [-0.2, -0.15) is 0 Å². The number of aromatic nitrogens is 1. The highest BCUT2D eigenvalue weighted by Crippen LogP contribution is 2.14. The minimum Gasteiger partial charge on any atom is -0.351 e. The van der Waals surface area contributed by atoms with Crippen molar-refractivity contribution in [2.75, 3.05) is 0 Å². The maximum atomic E-state index is 12.1. The zero-order chi connectivity index (χ0) is 14.0. The van der Waals surface area contributed by atoms with Crippen LogP contribution in [-0.2, 0) is 23.6 Å². The molecule has 102 valence electrons. The first-order chi connectivity index (χ1) is 8.90. The summed E-state index contributed by atoms with van der Waals surface area (Å²) >= 11 is 5.74. The van der Waals surface area contributed by atoms with E-state index in [1.807, 2.05) is 30.7 Å². The van der Waals surface area contributed by atoms with Crippen LogP contribution in [0.2, 0.25) is 5.02 Å². The minimum absolute atomic E-state index is 0.211. The molecule has 4 nitrogen and oxygen atoms in total. The molecule has 0 saturated carbocycles. The van der Waals surface area contributed by atoms with Gasteiger partial charge in [0.1, 0.15) is 0 Å². The predicted molar refractivity (Wildman–Crippen MR) is 75.6 cm³/mol. The lowest BCUT2D eigenvalue weighted by atomic mass is 10.4. The van der Waals surface area contributed by atoms with Crippen molar-refractivity contribution >= 4 is 21.6 Å². The Bertz CT molecular complexity index is 675. The van der Waals surface area contributed by atoms with Crippen LogP contribution in [0, 0.1) is 6.92 Å². The van der Waals surface area contributed by atoms with E-state index in [1.54, 1.807) is 12.1 Å². The molecule has 0 saturated heterocycles. The summed E-state index contributed by atoms with van der Waals surface area (Å²) in [4.78, 5) is 0.211. The third-order valence-electron chi connectivity index (χ3n) is 3.04. The van der Waals surface area contributed by atoms with Gasteiger partial charge < -0.3 is 4.57 Å². The molecule has 0 bridgehead atoms. The first kappa shape index (κ1) is 14.1. The van der Waals surface area contributed by atoms with E-state index < -0.39 is 10.0 Å². The number of nitrogens with zero attached hydrogens (tertiary/aromatic N) is 1. The Morgan fingerprint density at radius 1 is 1.16 bits per heavy atom. The van der Waals surface area contributed by atoms with Gasteiger partial charge in [-0.15, -0.1) is 0 Å². The first-order valence-electron chi connectivity index (χ1n) is 5.76. The van der Waals surface area contributed by atoms with Crippen molar-refractivity contribution in [1.82, 2.24) is 9.29 Å². The Labute approximate surface area is 118 Å². The molecular weight excluding hydrogens is 284 g/mol. The number of hydrogen-bond acceptors (Lipinski definition) is 2. The Kier molecular flexibility index (Phi) is 3.99. The summed E-state index contributed by atoms with van der Waals surface area (Å²) in [7, 11) is -1.60. The molecule has 0 radical (unpaired) electrons. The summed E-state index contributed by atoms with van der Waals surface area (Å²) in [6.07, 6.45) is 0. The van der Waals surface area contributed by atoms with E-state index in [0.29, 0.717) is 5.02 Å². The molecule has 0 aliphatic heterocycles. The number of hydrogen-bond donors (Lipinski definition) is 1. The molecule has 2 rings (SSSR count). The molecule has 0 spiro atoms. The molecule has 0 unspecified atom stereocenters. The van der Waals surface area contributed by atoms with Crippen LogP contribution in [0.4, 0.5) is 0 Å². The van der Waals surface area contributed by atoms with Crippen molar-refractivity contribution in [2.45, 2.75) is 18.4 Å². The minimum atomic E-state index is -3.50. The van der Waals surface area contributed by atoms with Crippen LogP contribution in [-0.4, -0.2) is 13.0 Å². The van der Waals surface area contributed by atoms with Gasteiger partial charge in [0.15, 0.2) is 0 Å². The normalized spacial score (nSPS) is 11.7. The maximum Gasteiger partial charge on any atom is 0.240 e. The summed E-state index contributed by atoms with van der Waals surface area (Å²) in [5.41, 5.74) is 2.00. The summed E-state index contributed by atoms with van der Waals surface area (Å²) in [5.74, 6) is 0. The largest absolute Gasteiger partial charge is 0.351 e. The molecule has 1 aromatic carbocycles. The lowest BCUT2D eigenvalue weighted by Gasteiger charge is -2.08. The van der Waals surface area contributed by atoms with Gasteiger partial charge >= 0.3 is 0 Å². The average Bonchev–Trinajstić information content (AvgIpc) is 2.68. The van der Waals surface area contributed by atoms with E-state index in [-0.39, 0.29) is 11.4 Å². The Morgan fingerprint density at radius 2 is 1.79 bits per heavy atom. The molecule has 1 N–H and O–H groups in total. The highest BCUT2D eigenvalue weighted by Gasteiger charge is 2.14.